The van der Waals surface area contributed by atoms with Crippen LogP contribution in [0.4, 0.5) is 14.5 Å². The fourth-order valence-electron chi connectivity index (χ4n) is 1.06. The van der Waals surface area contributed by atoms with Crippen LogP contribution < -0.4 is 5.73 Å². The van der Waals surface area contributed by atoms with Gasteiger partial charge in [-0.2, -0.15) is 0 Å². The fourth-order valence-corrected chi connectivity index (χ4v) is 1.74. The van der Waals surface area contributed by atoms with Crippen LogP contribution in [-0.2, 0) is 16.0 Å². The monoisotopic (exact) mass is 342 g/mol. The summed E-state index contributed by atoms with van der Waals surface area (Å²) in [6, 6.07) is 0. The molecule has 0 aromatic carbocycles. The molecule has 0 unspecified atom stereocenters. The van der Waals surface area contributed by atoms with Crippen LogP contribution in [-0.4, -0.2) is 18.1 Å². The second-order valence-corrected chi connectivity index (χ2v) is 4.02. The first-order valence-electron chi connectivity index (χ1n) is 4.25. The molecule has 0 saturated carbocycles. The lowest BCUT2D eigenvalue weighted by molar-refractivity contribution is -0.139. The number of halogens is 3. The van der Waals surface area contributed by atoms with Gasteiger partial charge < -0.3 is 10.5 Å². The quantitative estimate of drug-likeness (QED) is 0.673. The van der Waals surface area contributed by atoms with Crippen molar-refractivity contribution in [1.82, 2.24) is 4.98 Å². The van der Waals surface area contributed by atoms with Crippen molar-refractivity contribution in [3.05, 3.63) is 21.0 Å². The standard InChI is InChI=1S/C9H9F2IN2O2/c1-16-6(15)2-5-8(13)7(12)4(3-14-5)9(10)11/h3,9H,2,13H2,1H3. The number of carbonyl (C=O) groups is 1. The van der Waals surface area contributed by atoms with E-state index >= 15 is 0 Å². The maximum atomic E-state index is 12.5. The van der Waals surface area contributed by atoms with Gasteiger partial charge in [-0.15, -0.1) is 0 Å². The molecule has 0 aliphatic rings. The molecule has 4 nitrogen and oxygen atoms in total. The number of methoxy groups -OCH3 is 1. The van der Waals surface area contributed by atoms with E-state index in [4.69, 9.17) is 5.73 Å². The predicted octanol–water partition coefficient (Wildman–Crippen LogP) is 1.92. The van der Waals surface area contributed by atoms with Gasteiger partial charge in [0.05, 0.1) is 30.5 Å². The van der Waals surface area contributed by atoms with Crippen molar-refractivity contribution < 1.29 is 18.3 Å². The summed E-state index contributed by atoms with van der Waals surface area (Å²) in [5.41, 5.74) is 5.73. The van der Waals surface area contributed by atoms with Crippen molar-refractivity contribution in [3.8, 4) is 0 Å². The molecule has 0 radical (unpaired) electrons. The fraction of sp³-hybridized carbons (Fsp3) is 0.333. The number of alkyl halides is 2. The number of aromatic nitrogens is 1. The Labute approximate surface area is 104 Å². The molecule has 1 heterocycles. The number of anilines is 1. The molecule has 0 aliphatic carbocycles. The summed E-state index contributed by atoms with van der Waals surface area (Å²) in [6.07, 6.45) is -1.72. The van der Waals surface area contributed by atoms with Crippen LogP contribution >= 0.6 is 22.6 Å². The van der Waals surface area contributed by atoms with Crippen LogP contribution in [0.5, 0.6) is 0 Å². The average Bonchev–Trinajstić information content (AvgIpc) is 2.24. The van der Waals surface area contributed by atoms with Crippen molar-refractivity contribution in [1.29, 1.82) is 0 Å². The zero-order chi connectivity index (χ0) is 12.3. The molecule has 0 fully saturated rings. The summed E-state index contributed by atoms with van der Waals surface area (Å²) in [5.74, 6) is -0.514. The van der Waals surface area contributed by atoms with Crippen LogP contribution in [0.2, 0.25) is 0 Å². The van der Waals surface area contributed by atoms with E-state index in [9.17, 15) is 13.6 Å². The summed E-state index contributed by atoms with van der Waals surface area (Å²) >= 11 is 1.71. The van der Waals surface area contributed by atoms with Gasteiger partial charge in [0.25, 0.3) is 6.43 Å². The molecule has 0 aliphatic heterocycles. The van der Waals surface area contributed by atoms with Crippen molar-refractivity contribution in [2.45, 2.75) is 12.8 Å². The van der Waals surface area contributed by atoms with Gasteiger partial charge in [0.15, 0.2) is 0 Å². The lowest BCUT2D eigenvalue weighted by Crippen LogP contribution is -2.11. The van der Waals surface area contributed by atoms with E-state index in [1.807, 2.05) is 0 Å². The van der Waals surface area contributed by atoms with Crippen LogP contribution in [0.3, 0.4) is 0 Å². The number of nitrogen functional groups attached to an aromatic ring is 1. The van der Waals surface area contributed by atoms with E-state index in [1.54, 1.807) is 22.6 Å². The van der Waals surface area contributed by atoms with E-state index in [0.717, 1.165) is 6.20 Å². The first-order chi connectivity index (χ1) is 7.47. The molecule has 0 saturated heterocycles. The normalized spacial score (nSPS) is 10.6. The van der Waals surface area contributed by atoms with Gasteiger partial charge in [-0.1, -0.05) is 0 Å². The van der Waals surface area contributed by atoms with E-state index < -0.39 is 12.4 Å². The Balaban J connectivity index is 3.07. The van der Waals surface area contributed by atoms with Crippen molar-refractivity contribution >= 4 is 34.2 Å². The highest BCUT2D eigenvalue weighted by Gasteiger charge is 2.18. The summed E-state index contributed by atoms with van der Waals surface area (Å²) in [5, 5.41) is 0. The van der Waals surface area contributed by atoms with E-state index in [1.165, 1.54) is 7.11 Å². The molecule has 88 valence electrons. The number of esters is 1. The number of rotatable bonds is 3. The Bertz CT molecular complexity index is 413. The third-order valence-electron chi connectivity index (χ3n) is 1.93. The third-order valence-corrected chi connectivity index (χ3v) is 3.14. The van der Waals surface area contributed by atoms with Crippen LogP contribution in [0.25, 0.3) is 0 Å². The largest absolute Gasteiger partial charge is 0.469 e. The highest BCUT2D eigenvalue weighted by atomic mass is 127. The number of ether oxygens (including phenoxy) is 1. The maximum absolute atomic E-state index is 12.5. The zero-order valence-corrected chi connectivity index (χ0v) is 10.5. The van der Waals surface area contributed by atoms with Crippen LogP contribution in [0.15, 0.2) is 6.20 Å². The van der Waals surface area contributed by atoms with Crippen molar-refractivity contribution in [3.63, 3.8) is 0 Å². The molecule has 1 rings (SSSR count). The van der Waals surface area contributed by atoms with Gasteiger partial charge in [-0.3, -0.25) is 9.78 Å². The van der Waals surface area contributed by atoms with Crippen molar-refractivity contribution in [2.24, 2.45) is 0 Å². The lowest BCUT2D eigenvalue weighted by atomic mass is 10.2. The highest BCUT2D eigenvalue weighted by molar-refractivity contribution is 14.1. The Morgan fingerprint density at radius 1 is 1.69 bits per heavy atom. The van der Waals surface area contributed by atoms with Gasteiger partial charge in [0, 0.05) is 9.77 Å². The summed E-state index contributed by atoms with van der Waals surface area (Å²) in [4.78, 5) is 14.7. The SMILES string of the molecule is COC(=O)Cc1ncc(C(F)F)c(I)c1N. The summed E-state index contributed by atoms with van der Waals surface area (Å²) in [7, 11) is 1.23. The molecule has 1 aromatic heterocycles. The molecule has 2 N–H and O–H groups in total. The second kappa shape index (κ2) is 5.37. The highest BCUT2D eigenvalue weighted by Crippen LogP contribution is 2.29. The van der Waals surface area contributed by atoms with E-state index in [2.05, 4.69) is 9.72 Å². The first-order valence-corrected chi connectivity index (χ1v) is 5.33. The zero-order valence-electron chi connectivity index (χ0n) is 8.34. The van der Waals surface area contributed by atoms with Gasteiger partial charge in [-0.25, -0.2) is 8.78 Å². The molecule has 0 amide bonds. The van der Waals surface area contributed by atoms with Crippen LogP contribution in [0.1, 0.15) is 17.7 Å². The van der Waals surface area contributed by atoms with Gasteiger partial charge in [0.1, 0.15) is 0 Å². The predicted molar refractivity (Wildman–Crippen MR) is 62.0 cm³/mol. The first kappa shape index (κ1) is 13.1. The Kier molecular flexibility index (Phi) is 4.39. The number of nitrogens with two attached hydrogens (primary N) is 1. The number of nitrogens with zero attached hydrogens (tertiary/aromatic N) is 1. The summed E-state index contributed by atoms with van der Waals surface area (Å²) < 4.78 is 29.6. The van der Waals surface area contributed by atoms with Gasteiger partial charge in [-0.05, 0) is 22.6 Å². The molecule has 16 heavy (non-hydrogen) atoms. The Hall–Kier alpha value is -0.990. The summed E-state index contributed by atoms with van der Waals surface area (Å²) in [6.45, 7) is 0. The number of hydrogen-bond acceptors (Lipinski definition) is 4. The molecule has 0 spiro atoms. The third kappa shape index (κ3) is 2.77. The Morgan fingerprint density at radius 3 is 2.81 bits per heavy atom. The Morgan fingerprint density at radius 2 is 2.31 bits per heavy atom. The number of pyridine rings is 1. The molecule has 1 aromatic rings. The topological polar surface area (TPSA) is 65.2 Å². The minimum Gasteiger partial charge on any atom is -0.469 e. The van der Waals surface area contributed by atoms with Crippen molar-refractivity contribution in [2.75, 3.05) is 12.8 Å². The molecular weight excluding hydrogens is 333 g/mol. The molecular formula is C9H9F2IN2O2. The number of carbonyl (C=O) groups excluding carboxylic acids is 1. The second-order valence-electron chi connectivity index (χ2n) is 2.94. The van der Waals surface area contributed by atoms with Gasteiger partial charge in [0.2, 0.25) is 0 Å². The molecule has 0 bridgehead atoms. The van der Waals surface area contributed by atoms with E-state index in [-0.39, 0.29) is 26.9 Å². The molecule has 0 atom stereocenters. The average molecular weight is 342 g/mol. The van der Waals surface area contributed by atoms with E-state index in [0.29, 0.717) is 0 Å². The minimum atomic E-state index is -2.63. The maximum Gasteiger partial charge on any atom is 0.311 e. The lowest BCUT2D eigenvalue weighted by Gasteiger charge is -2.09. The number of hydrogen-bond donors (Lipinski definition) is 1. The van der Waals surface area contributed by atoms with Gasteiger partial charge >= 0.3 is 5.97 Å². The minimum absolute atomic E-state index is 0.101. The van der Waals surface area contributed by atoms with Crippen LogP contribution in [0, 0.1) is 3.57 Å². The molecule has 7 heteroatoms. The smallest absolute Gasteiger partial charge is 0.311 e.